The Kier molecular flexibility index (Phi) is 8.08. The summed E-state index contributed by atoms with van der Waals surface area (Å²) in [5.74, 6) is -0.618. The maximum atomic E-state index is 12.7. The molecule has 1 aromatic rings. The van der Waals surface area contributed by atoms with E-state index < -0.39 is 11.2 Å². The van der Waals surface area contributed by atoms with Crippen LogP contribution in [0.4, 0.5) is 11.5 Å². The molecule has 0 aliphatic heterocycles. The standard InChI is InChI=1S/C17H29N5O4/c1-5-6-9-21-15(18)14(16(25)20-17(21)26)22(10-11(2)3)13(24)8-7-12(23)19-4/h11H,5-10,18H2,1-4H3,(H,19,23)(H,20,25,26). The SMILES string of the molecule is CCCCn1c(N)c(N(CC(C)C)C(=O)CCC(=O)NC)c(=O)[nH]c1=O. The number of nitrogens with two attached hydrogens (primary N) is 1. The number of rotatable bonds is 9. The molecule has 0 radical (unpaired) electrons. The minimum atomic E-state index is -0.700. The molecule has 0 atom stereocenters. The van der Waals surface area contributed by atoms with Crippen molar-refractivity contribution in [3.63, 3.8) is 0 Å². The van der Waals surface area contributed by atoms with Gasteiger partial charge in [0.05, 0.1) is 0 Å². The van der Waals surface area contributed by atoms with Gasteiger partial charge in [-0.05, 0) is 12.3 Å². The van der Waals surface area contributed by atoms with Crippen LogP contribution in [0.5, 0.6) is 0 Å². The molecular weight excluding hydrogens is 338 g/mol. The number of amides is 2. The number of H-pyrrole nitrogens is 1. The number of nitrogens with one attached hydrogen (secondary N) is 2. The highest BCUT2D eigenvalue weighted by Gasteiger charge is 2.25. The second kappa shape index (κ2) is 9.79. The summed E-state index contributed by atoms with van der Waals surface area (Å²) in [4.78, 5) is 52.1. The van der Waals surface area contributed by atoms with Gasteiger partial charge in [-0.3, -0.25) is 23.9 Å². The summed E-state index contributed by atoms with van der Waals surface area (Å²) in [6.45, 7) is 6.38. The normalized spacial score (nSPS) is 10.8. The van der Waals surface area contributed by atoms with E-state index in [1.807, 2.05) is 20.8 Å². The molecule has 1 aromatic heterocycles. The highest BCUT2D eigenvalue weighted by atomic mass is 16.2. The first-order chi connectivity index (χ1) is 12.2. The lowest BCUT2D eigenvalue weighted by Gasteiger charge is -2.26. The zero-order chi connectivity index (χ0) is 19.9. The summed E-state index contributed by atoms with van der Waals surface area (Å²) in [5.41, 5.74) is 4.77. The number of nitrogens with zero attached hydrogens (tertiary/aromatic N) is 2. The van der Waals surface area contributed by atoms with Crippen LogP contribution in [-0.2, 0) is 16.1 Å². The van der Waals surface area contributed by atoms with Crippen molar-refractivity contribution in [3.05, 3.63) is 20.8 Å². The summed E-state index contributed by atoms with van der Waals surface area (Å²) >= 11 is 0. The van der Waals surface area contributed by atoms with Crippen molar-refractivity contribution >= 4 is 23.3 Å². The van der Waals surface area contributed by atoms with Crippen molar-refractivity contribution < 1.29 is 9.59 Å². The molecule has 1 rings (SSSR count). The van der Waals surface area contributed by atoms with Crippen LogP contribution in [0.15, 0.2) is 9.59 Å². The third-order valence-electron chi connectivity index (χ3n) is 3.91. The summed E-state index contributed by atoms with van der Waals surface area (Å²) in [6.07, 6.45) is 1.52. The van der Waals surface area contributed by atoms with Gasteiger partial charge in [-0.15, -0.1) is 0 Å². The monoisotopic (exact) mass is 367 g/mol. The first kappa shape index (κ1) is 21.5. The second-order valence-electron chi connectivity index (χ2n) is 6.57. The number of hydrogen-bond acceptors (Lipinski definition) is 5. The molecule has 0 aromatic carbocycles. The predicted molar refractivity (Wildman–Crippen MR) is 101 cm³/mol. The molecule has 26 heavy (non-hydrogen) atoms. The van der Waals surface area contributed by atoms with Gasteiger partial charge in [0.15, 0.2) is 5.69 Å². The van der Waals surface area contributed by atoms with Crippen LogP contribution in [0.25, 0.3) is 0 Å². The van der Waals surface area contributed by atoms with Crippen molar-refractivity contribution in [1.82, 2.24) is 14.9 Å². The van der Waals surface area contributed by atoms with Crippen LogP contribution in [0.1, 0.15) is 46.5 Å². The maximum absolute atomic E-state index is 12.7. The van der Waals surface area contributed by atoms with Gasteiger partial charge >= 0.3 is 5.69 Å². The Labute approximate surface area is 152 Å². The van der Waals surface area contributed by atoms with Crippen molar-refractivity contribution in [2.24, 2.45) is 5.92 Å². The quantitative estimate of drug-likeness (QED) is 0.583. The molecule has 0 saturated carbocycles. The Balaban J connectivity index is 3.33. The van der Waals surface area contributed by atoms with E-state index in [1.165, 1.54) is 16.5 Å². The maximum Gasteiger partial charge on any atom is 0.330 e. The van der Waals surface area contributed by atoms with Crippen LogP contribution in [-0.4, -0.2) is 35.0 Å². The van der Waals surface area contributed by atoms with Crippen molar-refractivity contribution in [3.8, 4) is 0 Å². The molecule has 0 aliphatic rings. The minimum absolute atomic E-state index is 0.0111. The third kappa shape index (κ3) is 5.47. The molecule has 0 fully saturated rings. The van der Waals surface area contributed by atoms with Gasteiger partial charge in [0.1, 0.15) is 5.82 Å². The lowest BCUT2D eigenvalue weighted by atomic mass is 10.1. The highest BCUT2D eigenvalue weighted by molar-refractivity contribution is 5.97. The van der Waals surface area contributed by atoms with Gasteiger partial charge < -0.3 is 16.0 Å². The number of unbranched alkanes of at least 4 members (excludes halogenated alkanes) is 1. The number of carbonyl (C=O) groups excluding carboxylic acids is 2. The number of nitrogen functional groups attached to an aromatic ring is 1. The first-order valence-electron chi connectivity index (χ1n) is 8.86. The zero-order valence-corrected chi connectivity index (χ0v) is 15.9. The number of hydrogen-bond donors (Lipinski definition) is 3. The van der Waals surface area contributed by atoms with Crippen molar-refractivity contribution in [1.29, 1.82) is 0 Å². The average molecular weight is 367 g/mol. The van der Waals surface area contributed by atoms with Gasteiger partial charge in [0.2, 0.25) is 11.8 Å². The topological polar surface area (TPSA) is 130 Å². The van der Waals surface area contributed by atoms with Crippen LogP contribution in [0, 0.1) is 5.92 Å². The Hall–Kier alpha value is -2.58. The van der Waals surface area contributed by atoms with Gasteiger partial charge in [-0.25, -0.2) is 4.79 Å². The molecule has 2 amide bonds. The second-order valence-corrected chi connectivity index (χ2v) is 6.57. The lowest BCUT2D eigenvalue weighted by Crippen LogP contribution is -2.43. The molecule has 146 valence electrons. The fourth-order valence-corrected chi connectivity index (χ4v) is 2.54. The average Bonchev–Trinajstić information content (AvgIpc) is 2.57. The van der Waals surface area contributed by atoms with Crippen molar-refractivity contribution in [2.45, 2.75) is 53.0 Å². The van der Waals surface area contributed by atoms with E-state index in [0.29, 0.717) is 13.0 Å². The van der Waals surface area contributed by atoms with Crippen LogP contribution < -0.4 is 27.2 Å². The minimum Gasteiger partial charge on any atom is -0.383 e. The molecule has 0 aliphatic carbocycles. The van der Waals surface area contributed by atoms with Gasteiger partial charge in [0.25, 0.3) is 5.56 Å². The number of aromatic amines is 1. The van der Waals surface area contributed by atoms with Gasteiger partial charge in [0, 0.05) is 33.0 Å². The molecule has 0 unspecified atom stereocenters. The van der Waals surface area contributed by atoms with E-state index >= 15 is 0 Å². The number of carbonyl (C=O) groups is 2. The Bertz CT molecular complexity index is 751. The van der Waals surface area contributed by atoms with E-state index in [-0.39, 0.29) is 48.6 Å². The van der Waals surface area contributed by atoms with E-state index in [4.69, 9.17) is 5.73 Å². The molecule has 0 bridgehead atoms. The smallest absolute Gasteiger partial charge is 0.330 e. The van der Waals surface area contributed by atoms with Crippen LogP contribution in [0.3, 0.4) is 0 Å². The van der Waals surface area contributed by atoms with Gasteiger partial charge in [-0.2, -0.15) is 0 Å². The fraction of sp³-hybridized carbons (Fsp3) is 0.647. The summed E-state index contributed by atoms with van der Waals surface area (Å²) in [7, 11) is 1.49. The molecule has 0 spiro atoms. The molecule has 9 nitrogen and oxygen atoms in total. The lowest BCUT2D eigenvalue weighted by molar-refractivity contribution is -0.125. The summed E-state index contributed by atoms with van der Waals surface area (Å²) in [5, 5.41) is 2.45. The molecule has 4 N–H and O–H groups in total. The van der Waals surface area contributed by atoms with Crippen molar-refractivity contribution in [2.75, 3.05) is 24.2 Å². The Morgan fingerprint density at radius 3 is 2.46 bits per heavy atom. The van der Waals surface area contributed by atoms with E-state index in [9.17, 15) is 19.2 Å². The number of aromatic nitrogens is 2. The summed E-state index contributed by atoms with van der Waals surface area (Å²) < 4.78 is 1.28. The van der Waals surface area contributed by atoms with Crippen LogP contribution in [0.2, 0.25) is 0 Å². The predicted octanol–water partition coefficient (Wildman–Crippen LogP) is 0.434. The van der Waals surface area contributed by atoms with E-state index in [1.54, 1.807) is 0 Å². The van der Waals surface area contributed by atoms with E-state index in [0.717, 1.165) is 6.42 Å². The largest absolute Gasteiger partial charge is 0.383 e. The molecule has 9 heteroatoms. The fourth-order valence-electron chi connectivity index (χ4n) is 2.54. The molecule has 0 saturated heterocycles. The third-order valence-corrected chi connectivity index (χ3v) is 3.91. The first-order valence-corrected chi connectivity index (χ1v) is 8.86. The van der Waals surface area contributed by atoms with Crippen LogP contribution >= 0.6 is 0 Å². The zero-order valence-electron chi connectivity index (χ0n) is 15.9. The summed E-state index contributed by atoms with van der Waals surface area (Å²) in [6, 6.07) is 0. The van der Waals surface area contributed by atoms with E-state index in [2.05, 4.69) is 10.3 Å². The Morgan fingerprint density at radius 2 is 1.92 bits per heavy atom. The molecular formula is C17H29N5O4. The highest BCUT2D eigenvalue weighted by Crippen LogP contribution is 2.20. The Morgan fingerprint density at radius 1 is 1.27 bits per heavy atom. The molecule has 1 heterocycles. The van der Waals surface area contributed by atoms with Gasteiger partial charge in [-0.1, -0.05) is 27.2 Å². The number of anilines is 2.